The van der Waals surface area contributed by atoms with E-state index in [4.69, 9.17) is 9.73 Å². The molecule has 4 rings (SSSR count). The minimum atomic E-state index is -0.970. The van der Waals surface area contributed by atoms with E-state index in [2.05, 4.69) is 17.2 Å². The first-order valence-corrected chi connectivity index (χ1v) is 17.4. The van der Waals surface area contributed by atoms with Gasteiger partial charge in [0, 0.05) is 29.9 Å². The second kappa shape index (κ2) is 15.3. The van der Waals surface area contributed by atoms with Crippen molar-refractivity contribution in [2.75, 3.05) is 18.1 Å². The van der Waals surface area contributed by atoms with Crippen molar-refractivity contribution >= 4 is 62.8 Å². The van der Waals surface area contributed by atoms with Crippen LogP contribution in [-0.4, -0.2) is 73.6 Å². The van der Waals surface area contributed by atoms with Crippen molar-refractivity contribution in [2.24, 2.45) is 4.99 Å². The van der Waals surface area contributed by atoms with Gasteiger partial charge in [-0.05, 0) is 38.7 Å². The van der Waals surface area contributed by atoms with E-state index < -0.39 is 23.7 Å². The van der Waals surface area contributed by atoms with E-state index >= 15 is 0 Å². The van der Waals surface area contributed by atoms with Gasteiger partial charge >= 0.3 is 5.97 Å². The number of carbonyl (C=O) groups excluding carboxylic acids is 4. The highest BCUT2D eigenvalue weighted by molar-refractivity contribution is 8.14. The Hall–Kier alpha value is -2.18. The molecule has 0 aliphatic carbocycles. The second-order valence-electron chi connectivity index (χ2n) is 10.8. The standard InChI is InChI=1S/C29H40N4O5S3/c1-3-4-5-6-7-13-25(35)39-15-9-8-11-20-16-23(34)30-17-24-31-21(18-40-24)26-32-29(2,19-41-26)28(37)33-14-10-12-22(33)27(36)38-20/h8,11,18,20,22H,3-7,9-10,12-17,19H2,1-2H3,(H,30,34)/t20-,22+,29+/m1/s1. The van der Waals surface area contributed by atoms with Crippen LogP contribution < -0.4 is 5.32 Å². The molecule has 3 atom stereocenters. The van der Waals surface area contributed by atoms with Crippen LogP contribution in [0.25, 0.3) is 0 Å². The first-order valence-electron chi connectivity index (χ1n) is 14.6. The number of hydrogen-bond donors (Lipinski definition) is 1. The summed E-state index contributed by atoms with van der Waals surface area (Å²) in [5, 5.41) is 6.42. The highest BCUT2D eigenvalue weighted by Gasteiger charge is 2.46. The van der Waals surface area contributed by atoms with Gasteiger partial charge in [-0.1, -0.05) is 50.4 Å². The number of nitrogens with zero attached hydrogens (tertiary/aromatic N) is 3. The van der Waals surface area contributed by atoms with Gasteiger partial charge in [-0.3, -0.25) is 19.4 Å². The molecule has 3 aliphatic heterocycles. The first kappa shape index (κ1) is 31.7. The number of thiazole rings is 1. The molecule has 0 saturated carbocycles. The van der Waals surface area contributed by atoms with Crippen LogP contribution in [0.4, 0.5) is 0 Å². The Morgan fingerprint density at radius 1 is 1.27 bits per heavy atom. The quantitative estimate of drug-likeness (QED) is 0.223. The van der Waals surface area contributed by atoms with Crippen LogP contribution in [0.3, 0.4) is 0 Å². The fourth-order valence-corrected chi connectivity index (χ4v) is 7.72. The maximum Gasteiger partial charge on any atom is 0.329 e. The number of carbonyl (C=O) groups is 4. The first-order chi connectivity index (χ1) is 19.8. The van der Waals surface area contributed by atoms with E-state index in [0.717, 1.165) is 17.8 Å². The van der Waals surface area contributed by atoms with Crippen LogP contribution in [0.15, 0.2) is 22.5 Å². The Balaban J connectivity index is 1.40. The van der Waals surface area contributed by atoms with Gasteiger partial charge in [0.25, 0.3) is 5.91 Å². The van der Waals surface area contributed by atoms with Crippen molar-refractivity contribution in [1.29, 1.82) is 0 Å². The Kier molecular flexibility index (Phi) is 11.9. The van der Waals surface area contributed by atoms with Crippen molar-refractivity contribution in [3.63, 3.8) is 0 Å². The number of esters is 1. The number of hydrogen-bond acceptors (Lipinski definition) is 10. The molecule has 41 heavy (non-hydrogen) atoms. The molecular formula is C29H40N4O5S3. The van der Waals surface area contributed by atoms with Crippen molar-refractivity contribution in [2.45, 2.75) is 102 Å². The molecule has 224 valence electrons. The highest BCUT2D eigenvalue weighted by atomic mass is 32.2. The number of aromatic nitrogens is 1. The van der Waals surface area contributed by atoms with Gasteiger partial charge in [0.15, 0.2) is 5.12 Å². The zero-order valence-electron chi connectivity index (χ0n) is 23.9. The number of allylic oxidation sites excluding steroid dienone is 1. The van der Waals surface area contributed by atoms with Crippen molar-refractivity contribution in [3.05, 3.63) is 28.2 Å². The molecule has 1 saturated heterocycles. The molecule has 1 N–H and O–H groups in total. The van der Waals surface area contributed by atoms with Gasteiger partial charge < -0.3 is 15.0 Å². The summed E-state index contributed by atoms with van der Waals surface area (Å²) in [7, 11) is 0. The van der Waals surface area contributed by atoms with E-state index in [1.54, 1.807) is 11.0 Å². The van der Waals surface area contributed by atoms with Gasteiger partial charge in [0.05, 0.1) is 13.0 Å². The van der Waals surface area contributed by atoms with Gasteiger partial charge in [-0.15, -0.1) is 23.1 Å². The molecule has 2 amide bonds. The summed E-state index contributed by atoms with van der Waals surface area (Å²) in [5.41, 5.74) is -0.263. The fourth-order valence-electron chi connectivity index (χ4n) is 5.03. The van der Waals surface area contributed by atoms with Gasteiger partial charge in [0.2, 0.25) is 5.91 Å². The van der Waals surface area contributed by atoms with Gasteiger partial charge in [-0.2, -0.15) is 0 Å². The molecule has 0 spiro atoms. The minimum absolute atomic E-state index is 0.0365. The number of ether oxygens (including phenoxy) is 1. The van der Waals surface area contributed by atoms with E-state index in [-0.39, 0.29) is 29.9 Å². The van der Waals surface area contributed by atoms with E-state index in [9.17, 15) is 19.2 Å². The lowest BCUT2D eigenvalue weighted by Gasteiger charge is -2.30. The van der Waals surface area contributed by atoms with Gasteiger partial charge in [0.1, 0.15) is 33.4 Å². The van der Waals surface area contributed by atoms with Crippen molar-refractivity contribution in [1.82, 2.24) is 15.2 Å². The summed E-state index contributed by atoms with van der Waals surface area (Å²) >= 11 is 4.24. The van der Waals surface area contributed by atoms with E-state index in [0.29, 0.717) is 54.5 Å². The van der Waals surface area contributed by atoms with Crippen LogP contribution in [0.1, 0.15) is 88.8 Å². The van der Waals surface area contributed by atoms with Crippen molar-refractivity contribution < 1.29 is 23.9 Å². The predicted molar refractivity (Wildman–Crippen MR) is 165 cm³/mol. The average Bonchev–Trinajstić information content (AvgIpc) is 3.71. The Labute approximate surface area is 254 Å². The number of cyclic esters (lactones) is 1. The maximum atomic E-state index is 13.6. The third-order valence-electron chi connectivity index (χ3n) is 7.33. The number of unbranched alkanes of at least 4 members (excludes halogenated alkanes) is 4. The second-order valence-corrected chi connectivity index (χ2v) is 13.9. The van der Waals surface area contributed by atoms with E-state index in [1.165, 1.54) is 54.1 Å². The average molecular weight is 621 g/mol. The lowest BCUT2D eigenvalue weighted by molar-refractivity contribution is -0.157. The molecule has 4 heterocycles. The smallest absolute Gasteiger partial charge is 0.329 e. The van der Waals surface area contributed by atoms with Crippen molar-refractivity contribution in [3.8, 4) is 0 Å². The molecule has 4 bridgehead atoms. The summed E-state index contributed by atoms with van der Waals surface area (Å²) < 4.78 is 5.83. The third kappa shape index (κ3) is 8.90. The predicted octanol–water partition coefficient (Wildman–Crippen LogP) is 4.88. The molecule has 0 radical (unpaired) electrons. The normalized spacial score (nSPS) is 25.3. The summed E-state index contributed by atoms with van der Waals surface area (Å²) in [6, 6.07) is -0.702. The number of aliphatic imine (C=N–C) groups is 1. The van der Waals surface area contributed by atoms with Crippen LogP contribution >= 0.6 is 34.9 Å². The zero-order valence-corrected chi connectivity index (χ0v) is 26.3. The number of amides is 2. The van der Waals surface area contributed by atoms with Gasteiger partial charge in [-0.25, -0.2) is 9.78 Å². The van der Waals surface area contributed by atoms with Crippen LogP contribution in [0.5, 0.6) is 0 Å². The number of rotatable bonds is 10. The molecule has 0 aromatic carbocycles. The third-order valence-corrected chi connectivity index (χ3v) is 10.4. The maximum absolute atomic E-state index is 13.6. The minimum Gasteiger partial charge on any atom is -0.456 e. The number of thioether (sulfide) groups is 2. The van der Waals surface area contributed by atoms with E-state index in [1.807, 2.05) is 18.4 Å². The number of nitrogens with one attached hydrogen (secondary N) is 1. The van der Waals surface area contributed by atoms with Crippen LogP contribution in [-0.2, 0) is 30.5 Å². The molecule has 0 unspecified atom stereocenters. The summed E-state index contributed by atoms with van der Waals surface area (Å²) in [6.07, 6.45) is 10.8. The lowest BCUT2D eigenvalue weighted by atomic mass is 10.0. The Morgan fingerprint density at radius 2 is 2.10 bits per heavy atom. The monoisotopic (exact) mass is 620 g/mol. The summed E-state index contributed by atoms with van der Waals surface area (Å²) in [5.74, 6) is 0.169. The SMILES string of the molecule is CCCCCCCC(=O)SCCC=C[C@@H]1CC(=O)NCc2nc(cs2)C2=N[C@@](C)(CS2)C(=O)N2CCC[C@H]2C(=O)O1. The summed E-state index contributed by atoms with van der Waals surface area (Å²) in [6.45, 7) is 4.71. The molecule has 1 aromatic rings. The molecule has 1 fully saturated rings. The highest BCUT2D eigenvalue weighted by Crippen LogP contribution is 2.35. The molecule has 12 heteroatoms. The van der Waals surface area contributed by atoms with Crippen LogP contribution in [0.2, 0.25) is 0 Å². The fraction of sp³-hybridized carbons (Fsp3) is 0.655. The Bertz CT molecular complexity index is 1170. The molecule has 9 nitrogen and oxygen atoms in total. The largest absolute Gasteiger partial charge is 0.456 e. The molecule has 1 aromatic heterocycles. The molecule has 3 aliphatic rings. The topological polar surface area (TPSA) is 118 Å². The lowest BCUT2D eigenvalue weighted by Crippen LogP contribution is -2.51. The Morgan fingerprint density at radius 3 is 2.93 bits per heavy atom. The zero-order chi connectivity index (χ0) is 29.2. The summed E-state index contributed by atoms with van der Waals surface area (Å²) in [4.78, 5) is 62.9. The molecular weight excluding hydrogens is 581 g/mol. The van der Waals surface area contributed by atoms with Crippen LogP contribution in [0, 0.1) is 0 Å². The number of fused-ring (bicyclic) bond motifs is 5.